The molecule has 0 saturated carbocycles. The topological polar surface area (TPSA) is 82.8 Å². The fraction of sp³-hybridized carbons (Fsp3) is 0.381. The number of methoxy groups -OCH3 is 1. The summed E-state index contributed by atoms with van der Waals surface area (Å²) in [5.41, 5.74) is 7.23. The molecule has 0 unspecified atom stereocenters. The molecule has 0 aromatic heterocycles. The number of anilines is 1. The molecule has 2 aromatic carbocycles. The molecule has 0 atom stereocenters. The van der Waals surface area contributed by atoms with E-state index in [1.165, 1.54) is 5.56 Å². The Bertz CT molecular complexity index is 738. The molecule has 2 aromatic rings. The molecule has 1 saturated heterocycles. The average Bonchev–Trinajstić information content (AvgIpc) is 2.69. The van der Waals surface area contributed by atoms with E-state index in [0.29, 0.717) is 44.1 Å². The first-order valence-corrected chi connectivity index (χ1v) is 9.13. The Hall–Kier alpha value is -2.41. The first kappa shape index (κ1) is 19.4. The fourth-order valence-electron chi connectivity index (χ4n) is 2.90. The van der Waals surface area contributed by atoms with E-state index >= 15 is 0 Å². The van der Waals surface area contributed by atoms with Crippen LogP contribution in [0.25, 0.3) is 0 Å². The summed E-state index contributed by atoms with van der Waals surface area (Å²) < 4.78 is 16.2. The van der Waals surface area contributed by atoms with Crippen LogP contribution >= 0.6 is 0 Å². The molecule has 3 N–H and O–H groups in total. The number of hydrogen-bond donors (Lipinski definition) is 2. The Balaban J connectivity index is 1.56. The van der Waals surface area contributed by atoms with Crippen LogP contribution < -0.4 is 15.8 Å². The highest BCUT2D eigenvalue weighted by molar-refractivity contribution is 5.98. The lowest BCUT2D eigenvalue weighted by Gasteiger charge is -2.31. The lowest BCUT2D eigenvalue weighted by atomic mass is 9.90. The molecule has 1 amide bonds. The Morgan fingerprint density at radius 3 is 2.26 bits per heavy atom. The van der Waals surface area contributed by atoms with Gasteiger partial charge in [0.05, 0.1) is 6.61 Å². The van der Waals surface area contributed by atoms with Crippen LogP contribution in [0, 0.1) is 0 Å². The van der Waals surface area contributed by atoms with Gasteiger partial charge in [0.1, 0.15) is 17.0 Å². The van der Waals surface area contributed by atoms with E-state index < -0.39 is 5.54 Å². The summed E-state index contributed by atoms with van der Waals surface area (Å²) in [5.74, 6) is 1.29. The zero-order chi connectivity index (χ0) is 19.1. The second kappa shape index (κ2) is 8.99. The summed E-state index contributed by atoms with van der Waals surface area (Å²) >= 11 is 0. The van der Waals surface area contributed by atoms with Gasteiger partial charge in [-0.3, -0.25) is 4.79 Å². The third-order valence-corrected chi connectivity index (χ3v) is 4.70. The van der Waals surface area contributed by atoms with Crippen molar-refractivity contribution in [1.29, 1.82) is 0 Å². The smallest absolute Gasteiger partial charge is 0.244 e. The lowest BCUT2D eigenvalue weighted by molar-refractivity contribution is -0.124. The summed E-state index contributed by atoms with van der Waals surface area (Å²) in [7, 11) is 1.69. The monoisotopic (exact) mass is 370 g/mol. The van der Waals surface area contributed by atoms with E-state index in [1.54, 1.807) is 7.11 Å². The number of rotatable bonds is 7. The maximum atomic E-state index is 12.4. The molecular formula is C21H26N2O4. The minimum atomic E-state index is -0.863. The maximum Gasteiger partial charge on any atom is 0.244 e. The van der Waals surface area contributed by atoms with E-state index in [2.05, 4.69) is 5.32 Å². The lowest BCUT2D eigenvalue weighted by Crippen LogP contribution is -2.54. The van der Waals surface area contributed by atoms with Crippen molar-refractivity contribution in [1.82, 2.24) is 0 Å². The molecule has 0 bridgehead atoms. The normalized spacial score (nSPS) is 15.9. The van der Waals surface area contributed by atoms with Crippen LogP contribution in [0.2, 0.25) is 0 Å². The molecule has 27 heavy (non-hydrogen) atoms. The predicted molar refractivity (Wildman–Crippen MR) is 104 cm³/mol. The molecule has 1 fully saturated rings. The van der Waals surface area contributed by atoms with Crippen molar-refractivity contribution in [3.63, 3.8) is 0 Å². The Kier molecular flexibility index (Phi) is 6.45. The number of nitrogens with two attached hydrogens (primary N) is 1. The Morgan fingerprint density at radius 2 is 1.67 bits per heavy atom. The molecule has 0 spiro atoms. The Morgan fingerprint density at radius 1 is 1.07 bits per heavy atom. The molecule has 0 radical (unpaired) electrons. The highest BCUT2D eigenvalue weighted by Crippen LogP contribution is 2.25. The molecule has 6 nitrogen and oxygen atoms in total. The highest BCUT2D eigenvalue weighted by atomic mass is 16.5. The molecule has 6 heteroatoms. The number of benzene rings is 2. The van der Waals surface area contributed by atoms with Gasteiger partial charge in [0, 0.05) is 26.0 Å². The second-order valence-electron chi connectivity index (χ2n) is 6.74. The largest absolute Gasteiger partial charge is 0.457 e. The van der Waals surface area contributed by atoms with Crippen LogP contribution in [0.4, 0.5) is 5.69 Å². The van der Waals surface area contributed by atoms with Crippen molar-refractivity contribution in [3.8, 4) is 11.5 Å². The van der Waals surface area contributed by atoms with Gasteiger partial charge in [-0.2, -0.15) is 0 Å². The standard InChI is InChI=1S/C21H26N2O4/c1-25-13-10-16-2-6-18(7-3-16)27-19-8-4-17(5-9-19)23-20(24)21(22)11-14-26-15-12-21/h2-9H,10-15,22H2,1H3,(H,23,24). The minimum Gasteiger partial charge on any atom is -0.457 e. The second-order valence-corrected chi connectivity index (χ2v) is 6.74. The van der Waals surface area contributed by atoms with Crippen molar-refractivity contribution >= 4 is 11.6 Å². The maximum absolute atomic E-state index is 12.4. The van der Waals surface area contributed by atoms with Gasteiger partial charge in [0.25, 0.3) is 0 Å². The van der Waals surface area contributed by atoms with Gasteiger partial charge in [-0.1, -0.05) is 12.1 Å². The summed E-state index contributed by atoms with van der Waals surface area (Å²) in [6.07, 6.45) is 1.93. The van der Waals surface area contributed by atoms with E-state index in [0.717, 1.165) is 12.2 Å². The third-order valence-electron chi connectivity index (χ3n) is 4.70. The summed E-state index contributed by atoms with van der Waals surface area (Å²) in [6.45, 7) is 1.73. The molecule has 3 rings (SSSR count). The van der Waals surface area contributed by atoms with E-state index in [-0.39, 0.29) is 5.91 Å². The number of amides is 1. The quantitative estimate of drug-likeness (QED) is 0.782. The number of carbonyl (C=O) groups excluding carboxylic acids is 1. The van der Waals surface area contributed by atoms with Crippen molar-refractivity contribution in [3.05, 3.63) is 54.1 Å². The van der Waals surface area contributed by atoms with Gasteiger partial charge in [0.2, 0.25) is 5.91 Å². The van der Waals surface area contributed by atoms with E-state index in [4.69, 9.17) is 19.9 Å². The van der Waals surface area contributed by atoms with Gasteiger partial charge >= 0.3 is 0 Å². The summed E-state index contributed by atoms with van der Waals surface area (Å²) in [4.78, 5) is 12.4. The van der Waals surface area contributed by atoms with Crippen molar-refractivity contribution < 1.29 is 19.0 Å². The van der Waals surface area contributed by atoms with Crippen LogP contribution in [-0.2, 0) is 20.7 Å². The zero-order valence-corrected chi connectivity index (χ0v) is 15.6. The fourth-order valence-corrected chi connectivity index (χ4v) is 2.90. The van der Waals surface area contributed by atoms with Gasteiger partial charge in [-0.15, -0.1) is 0 Å². The summed E-state index contributed by atoms with van der Waals surface area (Å²) in [6, 6.07) is 15.2. The highest BCUT2D eigenvalue weighted by Gasteiger charge is 2.35. The number of ether oxygens (including phenoxy) is 3. The minimum absolute atomic E-state index is 0.175. The van der Waals surface area contributed by atoms with Crippen LogP contribution in [0.1, 0.15) is 18.4 Å². The number of nitrogens with one attached hydrogen (secondary N) is 1. The van der Waals surface area contributed by atoms with Crippen molar-refractivity contribution in [2.24, 2.45) is 5.73 Å². The third kappa shape index (κ3) is 5.29. The van der Waals surface area contributed by atoms with Crippen molar-refractivity contribution in [2.45, 2.75) is 24.8 Å². The predicted octanol–water partition coefficient (Wildman–Crippen LogP) is 3.11. The summed E-state index contributed by atoms with van der Waals surface area (Å²) in [5, 5.41) is 2.88. The Labute approximate surface area is 159 Å². The van der Waals surface area contributed by atoms with E-state index in [9.17, 15) is 4.79 Å². The van der Waals surface area contributed by atoms with Gasteiger partial charge in [-0.05, 0) is 61.2 Å². The van der Waals surface area contributed by atoms with Crippen LogP contribution in [0.3, 0.4) is 0 Å². The first-order valence-electron chi connectivity index (χ1n) is 9.13. The molecule has 1 heterocycles. The average molecular weight is 370 g/mol. The zero-order valence-electron chi connectivity index (χ0n) is 15.6. The van der Waals surface area contributed by atoms with Crippen LogP contribution in [0.15, 0.2) is 48.5 Å². The van der Waals surface area contributed by atoms with Crippen molar-refractivity contribution in [2.75, 3.05) is 32.2 Å². The molecule has 1 aliphatic rings. The molecule has 1 aliphatic heterocycles. The van der Waals surface area contributed by atoms with Crippen LogP contribution in [-0.4, -0.2) is 38.4 Å². The van der Waals surface area contributed by atoms with Gasteiger partial charge in [-0.25, -0.2) is 0 Å². The van der Waals surface area contributed by atoms with Crippen LogP contribution in [0.5, 0.6) is 11.5 Å². The number of hydrogen-bond acceptors (Lipinski definition) is 5. The SMILES string of the molecule is COCCc1ccc(Oc2ccc(NC(=O)C3(N)CCOCC3)cc2)cc1. The van der Waals surface area contributed by atoms with Gasteiger partial charge in [0.15, 0.2) is 0 Å². The van der Waals surface area contributed by atoms with Gasteiger partial charge < -0.3 is 25.3 Å². The molecule has 144 valence electrons. The molecule has 0 aliphatic carbocycles. The number of carbonyl (C=O) groups is 1. The first-order chi connectivity index (χ1) is 13.1. The molecular weight excluding hydrogens is 344 g/mol. The van der Waals surface area contributed by atoms with E-state index in [1.807, 2.05) is 48.5 Å².